The van der Waals surface area contributed by atoms with Crippen LogP contribution in [0.5, 0.6) is 11.5 Å². The molecular formula is C30H30N6O3. The van der Waals surface area contributed by atoms with Gasteiger partial charge in [0.15, 0.2) is 11.6 Å². The fourth-order valence-corrected chi connectivity index (χ4v) is 4.83. The minimum Gasteiger partial charge on any atom is -0.497 e. The molecule has 2 aromatic carbocycles. The van der Waals surface area contributed by atoms with Crippen LogP contribution in [0.3, 0.4) is 0 Å². The predicted molar refractivity (Wildman–Crippen MR) is 150 cm³/mol. The number of fused-ring (bicyclic) bond motifs is 1. The van der Waals surface area contributed by atoms with Gasteiger partial charge in [0.1, 0.15) is 35.2 Å². The predicted octanol–water partition coefficient (Wildman–Crippen LogP) is 5.88. The molecule has 0 bridgehead atoms. The Bertz CT molecular complexity index is 1560. The van der Waals surface area contributed by atoms with E-state index in [9.17, 15) is 0 Å². The lowest BCUT2D eigenvalue weighted by Crippen LogP contribution is -2.18. The number of ether oxygens (including phenoxy) is 3. The first kappa shape index (κ1) is 24.8. The van der Waals surface area contributed by atoms with Crippen LogP contribution in [0.2, 0.25) is 0 Å². The van der Waals surface area contributed by atoms with Crippen LogP contribution >= 0.6 is 0 Å². The summed E-state index contributed by atoms with van der Waals surface area (Å²) in [6.07, 6.45) is 6.60. The highest BCUT2D eigenvalue weighted by Gasteiger charge is 2.23. The molecule has 3 aromatic heterocycles. The van der Waals surface area contributed by atoms with Gasteiger partial charge < -0.3 is 19.5 Å². The van der Waals surface area contributed by atoms with Gasteiger partial charge >= 0.3 is 0 Å². The summed E-state index contributed by atoms with van der Waals surface area (Å²) in [5.74, 6) is 2.03. The molecule has 4 heterocycles. The Balaban J connectivity index is 1.43. The second-order valence-corrected chi connectivity index (χ2v) is 9.39. The number of hydrogen-bond acceptors (Lipinski definition) is 8. The molecule has 39 heavy (non-hydrogen) atoms. The van der Waals surface area contributed by atoms with Crippen LogP contribution in [0.4, 0.5) is 5.82 Å². The summed E-state index contributed by atoms with van der Waals surface area (Å²) in [6.45, 7) is 1.30. The van der Waals surface area contributed by atoms with E-state index in [-0.39, 0.29) is 6.23 Å². The third-order valence-corrected chi connectivity index (χ3v) is 6.90. The lowest BCUT2D eigenvalue weighted by molar-refractivity contribution is -0.0393. The molecule has 0 amide bonds. The van der Waals surface area contributed by atoms with E-state index in [1.165, 1.54) is 0 Å². The molecule has 5 aromatic rings. The molecule has 1 fully saturated rings. The van der Waals surface area contributed by atoms with Gasteiger partial charge in [-0.15, -0.1) is 0 Å². The first-order valence-corrected chi connectivity index (χ1v) is 13.1. The van der Waals surface area contributed by atoms with Gasteiger partial charge in [-0.3, -0.25) is 0 Å². The van der Waals surface area contributed by atoms with E-state index in [1.54, 1.807) is 20.5 Å². The Morgan fingerprint density at radius 2 is 1.82 bits per heavy atom. The molecule has 1 aliphatic rings. The highest BCUT2D eigenvalue weighted by molar-refractivity contribution is 5.94. The van der Waals surface area contributed by atoms with Gasteiger partial charge in [-0.25, -0.2) is 19.6 Å². The minimum absolute atomic E-state index is 0.0992. The Morgan fingerprint density at radius 1 is 0.974 bits per heavy atom. The van der Waals surface area contributed by atoms with E-state index in [4.69, 9.17) is 29.3 Å². The van der Waals surface area contributed by atoms with Crippen LogP contribution in [-0.4, -0.2) is 45.6 Å². The standard InChI is InChI=1S/C30H30N6O3/c1-37-22-13-11-20(12-14-22)17-31-30-25(38-2)16-24-29(34-30)28(33-19-32-24)23-18-36(26-10-6-7-15-39-26)35-27(23)21-8-4-3-5-9-21/h3-5,8-9,11-14,16,18-19,26H,6-7,10,15,17H2,1-2H3,(H,31,34). The van der Waals surface area contributed by atoms with Crippen molar-refractivity contribution in [2.75, 3.05) is 26.1 Å². The molecular weight excluding hydrogens is 492 g/mol. The highest BCUT2D eigenvalue weighted by atomic mass is 16.5. The molecule has 1 N–H and O–H groups in total. The molecule has 1 aliphatic heterocycles. The monoisotopic (exact) mass is 522 g/mol. The zero-order valence-corrected chi connectivity index (χ0v) is 22.0. The zero-order chi connectivity index (χ0) is 26.6. The molecule has 9 heteroatoms. The van der Waals surface area contributed by atoms with Crippen molar-refractivity contribution in [2.24, 2.45) is 0 Å². The fourth-order valence-electron chi connectivity index (χ4n) is 4.83. The van der Waals surface area contributed by atoms with Crippen molar-refractivity contribution < 1.29 is 14.2 Å². The number of rotatable bonds is 8. The topological polar surface area (TPSA) is 96.2 Å². The highest BCUT2D eigenvalue weighted by Crippen LogP contribution is 2.37. The molecule has 198 valence electrons. The number of hydrogen-bond donors (Lipinski definition) is 1. The summed E-state index contributed by atoms with van der Waals surface area (Å²) < 4.78 is 18.9. The smallest absolute Gasteiger partial charge is 0.169 e. The summed E-state index contributed by atoms with van der Waals surface area (Å²) in [7, 11) is 3.29. The lowest BCUT2D eigenvalue weighted by Gasteiger charge is -2.22. The van der Waals surface area contributed by atoms with Gasteiger partial charge in [-0.1, -0.05) is 42.5 Å². The SMILES string of the molecule is COc1ccc(CNc2nc3c(-c4cn(C5CCCCO5)nc4-c4ccccc4)ncnc3cc2OC)cc1. The molecule has 0 saturated carbocycles. The normalized spacial score (nSPS) is 15.3. The number of benzene rings is 2. The van der Waals surface area contributed by atoms with Crippen molar-refractivity contribution >= 4 is 16.9 Å². The number of aromatic nitrogens is 5. The van der Waals surface area contributed by atoms with Gasteiger partial charge in [0, 0.05) is 36.5 Å². The molecule has 1 atom stereocenters. The van der Waals surface area contributed by atoms with Crippen LogP contribution in [0, 0.1) is 0 Å². The summed E-state index contributed by atoms with van der Waals surface area (Å²) in [5, 5.41) is 8.41. The van der Waals surface area contributed by atoms with Crippen LogP contribution in [-0.2, 0) is 11.3 Å². The number of pyridine rings is 1. The average Bonchev–Trinajstić information content (AvgIpc) is 3.46. The summed E-state index contributed by atoms with van der Waals surface area (Å²) in [6, 6.07) is 19.9. The fraction of sp³-hybridized carbons (Fsp3) is 0.267. The number of nitrogens with one attached hydrogen (secondary N) is 1. The van der Waals surface area contributed by atoms with Crippen molar-refractivity contribution in [3.8, 4) is 34.0 Å². The Morgan fingerprint density at radius 3 is 2.56 bits per heavy atom. The van der Waals surface area contributed by atoms with Crippen molar-refractivity contribution in [3.63, 3.8) is 0 Å². The first-order valence-electron chi connectivity index (χ1n) is 13.1. The summed E-state index contributed by atoms with van der Waals surface area (Å²) in [5.41, 5.74) is 5.85. The van der Waals surface area contributed by atoms with Gasteiger partial charge in [-0.05, 0) is 37.0 Å². The van der Waals surface area contributed by atoms with E-state index in [2.05, 4.69) is 22.4 Å². The van der Waals surface area contributed by atoms with Gasteiger partial charge in [0.05, 0.1) is 19.7 Å². The molecule has 0 aliphatic carbocycles. The zero-order valence-electron chi connectivity index (χ0n) is 22.0. The molecule has 9 nitrogen and oxygen atoms in total. The third-order valence-electron chi connectivity index (χ3n) is 6.90. The van der Waals surface area contributed by atoms with Crippen LogP contribution < -0.4 is 14.8 Å². The number of nitrogens with zero attached hydrogens (tertiary/aromatic N) is 5. The van der Waals surface area contributed by atoms with Gasteiger partial charge in [-0.2, -0.15) is 5.10 Å². The first-order chi connectivity index (χ1) is 19.2. The van der Waals surface area contributed by atoms with E-state index in [0.717, 1.165) is 54.0 Å². The number of anilines is 1. The molecule has 1 unspecified atom stereocenters. The Hall–Kier alpha value is -4.50. The van der Waals surface area contributed by atoms with E-state index in [1.807, 2.05) is 59.4 Å². The molecule has 6 rings (SSSR count). The van der Waals surface area contributed by atoms with E-state index >= 15 is 0 Å². The molecule has 1 saturated heterocycles. The average molecular weight is 523 g/mol. The third kappa shape index (κ3) is 5.13. The van der Waals surface area contributed by atoms with Crippen LogP contribution in [0.15, 0.2) is 73.2 Å². The number of methoxy groups -OCH3 is 2. The Labute approximate surface area is 226 Å². The maximum Gasteiger partial charge on any atom is 0.169 e. The van der Waals surface area contributed by atoms with Crippen molar-refractivity contribution in [3.05, 3.63) is 78.8 Å². The van der Waals surface area contributed by atoms with E-state index < -0.39 is 0 Å². The van der Waals surface area contributed by atoms with Gasteiger partial charge in [0.2, 0.25) is 0 Å². The van der Waals surface area contributed by atoms with Crippen molar-refractivity contribution in [2.45, 2.75) is 32.0 Å². The second kappa shape index (κ2) is 11.1. The molecule has 0 spiro atoms. The summed E-state index contributed by atoms with van der Waals surface area (Å²) >= 11 is 0. The van der Waals surface area contributed by atoms with Crippen LogP contribution in [0.1, 0.15) is 31.1 Å². The lowest BCUT2D eigenvalue weighted by atomic mass is 10.0. The van der Waals surface area contributed by atoms with Gasteiger partial charge in [0.25, 0.3) is 0 Å². The quantitative estimate of drug-likeness (QED) is 0.270. The maximum atomic E-state index is 6.05. The maximum absolute atomic E-state index is 6.05. The minimum atomic E-state index is -0.0992. The Kier molecular flexibility index (Phi) is 7.05. The largest absolute Gasteiger partial charge is 0.497 e. The van der Waals surface area contributed by atoms with Crippen LogP contribution in [0.25, 0.3) is 33.5 Å². The summed E-state index contributed by atoms with van der Waals surface area (Å²) in [4.78, 5) is 14.2. The van der Waals surface area contributed by atoms with Crippen molar-refractivity contribution in [1.82, 2.24) is 24.7 Å². The molecule has 0 radical (unpaired) electrons. The van der Waals surface area contributed by atoms with Crippen molar-refractivity contribution in [1.29, 1.82) is 0 Å². The second-order valence-electron chi connectivity index (χ2n) is 9.39. The van der Waals surface area contributed by atoms with E-state index in [0.29, 0.717) is 34.8 Å².